The number of carbonyl (C=O) groups is 1. The molecule has 10 heteroatoms. The molecule has 27 heavy (non-hydrogen) atoms. The molecule has 8 nitrogen and oxygen atoms in total. The molecule has 2 heterocycles. The van der Waals surface area contributed by atoms with Gasteiger partial charge in [0, 0.05) is 29.2 Å². The lowest BCUT2D eigenvalue weighted by Gasteiger charge is -2.25. The van der Waals surface area contributed by atoms with Gasteiger partial charge in [0.25, 0.3) is 5.56 Å². The maximum Gasteiger partial charge on any atom is 0.257 e. The zero-order chi connectivity index (χ0) is 19.8. The Morgan fingerprint density at radius 1 is 1.37 bits per heavy atom. The summed E-state index contributed by atoms with van der Waals surface area (Å²) in [6.45, 7) is 4.00. The van der Waals surface area contributed by atoms with Gasteiger partial charge in [-0.05, 0) is 37.6 Å². The fraction of sp³-hybridized carbons (Fsp3) is 0.353. The summed E-state index contributed by atoms with van der Waals surface area (Å²) in [6, 6.07) is 5.63. The highest BCUT2D eigenvalue weighted by atomic mass is 32.2. The summed E-state index contributed by atoms with van der Waals surface area (Å²) < 4.78 is 24.1. The third kappa shape index (κ3) is 4.07. The summed E-state index contributed by atoms with van der Waals surface area (Å²) in [5, 5.41) is 8.45. The molecule has 0 aliphatic carbocycles. The number of nitrogens with two attached hydrogens (primary N) is 1. The van der Waals surface area contributed by atoms with Crippen LogP contribution in [0.4, 0.5) is 5.69 Å². The molecule has 3 rings (SSSR count). The molecule has 3 N–H and O–H groups in total. The molecule has 1 aromatic carbocycles. The van der Waals surface area contributed by atoms with Crippen LogP contribution in [0.25, 0.3) is 0 Å². The van der Waals surface area contributed by atoms with Gasteiger partial charge in [0.1, 0.15) is 0 Å². The molecule has 0 unspecified atom stereocenters. The zero-order valence-corrected chi connectivity index (χ0v) is 16.6. The number of aromatic nitrogens is 2. The van der Waals surface area contributed by atoms with Crippen LogP contribution in [-0.2, 0) is 27.8 Å². The summed E-state index contributed by atoms with van der Waals surface area (Å²) in [4.78, 5) is 29.7. The maximum atomic E-state index is 12.6. The van der Waals surface area contributed by atoms with Gasteiger partial charge in [0.15, 0.2) is 5.16 Å². The number of amides is 1. The number of nitrogens with zero attached hydrogens (tertiary/aromatic N) is 2. The molecule has 2 aromatic rings. The monoisotopic (exact) mass is 408 g/mol. The first kappa shape index (κ1) is 19.6. The largest absolute Gasteiger partial charge is 0.326 e. The van der Waals surface area contributed by atoms with E-state index in [0.29, 0.717) is 28.6 Å². The highest BCUT2D eigenvalue weighted by Gasteiger charge is 2.28. The van der Waals surface area contributed by atoms with Gasteiger partial charge in [-0.3, -0.25) is 14.2 Å². The number of primary sulfonamides is 1. The number of aryl methyl sites for hydroxylation is 1. The molecule has 1 aromatic heterocycles. The van der Waals surface area contributed by atoms with Crippen LogP contribution < -0.4 is 16.0 Å². The van der Waals surface area contributed by atoms with Gasteiger partial charge in [-0.2, -0.15) is 0 Å². The lowest BCUT2D eigenvalue weighted by atomic mass is 10.1. The van der Waals surface area contributed by atoms with E-state index in [1.54, 1.807) is 4.57 Å². The van der Waals surface area contributed by atoms with Crippen LogP contribution in [0.5, 0.6) is 0 Å². The standard InChI is InChI=1S/C17H20N4O4S2/c1-3-14-10(2)19-17-21(16(14)23)8-11(9-26-17)15(22)20-12-4-6-13(7-5-12)27(18,24)25/h4-7,11H,3,8-9H2,1-2H3,(H,20,22)(H2,18,24,25)/t11-/m1/s1. The van der Waals surface area contributed by atoms with Crippen LogP contribution >= 0.6 is 11.8 Å². The Balaban J connectivity index is 1.77. The van der Waals surface area contributed by atoms with E-state index in [4.69, 9.17) is 5.14 Å². The number of nitrogens with one attached hydrogen (secondary N) is 1. The average Bonchev–Trinajstić information content (AvgIpc) is 2.61. The molecule has 0 spiro atoms. The number of fused-ring (bicyclic) bond motifs is 1. The molecule has 0 fully saturated rings. The van der Waals surface area contributed by atoms with E-state index in [1.165, 1.54) is 36.0 Å². The van der Waals surface area contributed by atoms with Crippen LogP contribution in [0.3, 0.4) is 0 Å². The van der Waals surface area contributed by atoms with E-state index in [2.05, 4.69) is 10.3 Å². The first-order valence-corrected chi connectivity index (χ1v) is 10.9. The van der Waals surface area contributed by atoms with Crippen molar-refractivity contribution in [3.63, 3.8) is 0 Å². The topological polar surface area (TPSA) is 124 Å². The smallest absolute Gasteiger partial charge is 0.257 e. The van der Waals surface area contributed by atoms with Crippen LogP contribution in [0, 0.1) is 12.8 Å². The summed E-state index contributed by atoms with van der Waals surface area (Å²) in [6.07, 6.45) is 0.593. The van der Waals surface area contributed by atoms with Gasteiger partial charge in [-0.25, -0.2) is 18.5 Å². The first-order valence-electron chi connectivity index (χ1n) is 8.37. The third-order valence-electron chi connectivity index (χ3n) is 4.43. The van der Waals surface area contributed by atoms with Crippen molar-refractivity contribution in [2.75, 3.05) is 11.1 Å². The number of thioether (sulfide) groups is 1. The molecule has 0 saturated heterocycles. The van der Waals surface area contributed by atoms with E-state index in [-0.39, 0.29) is 22.9 Å². The van der Waals surface area contributed by atoms with E-state index in [0.717, 1.165) is 5.69 Å². The zero-order valence-electron chi connectivity index (χ0n) is 14.9. The van der Waals surface area contributed by atoms with Crippen molar-refractivity contribution in [2.24, 2.45) is 11.1 Å². The second-order valence-electron chi connectivity index (χ2n) is 6.29. The fourth-order valence-corrected chi connectivity index (χ4v) is 4.57. The second kappa shape index (κ2) is 7.45. The fourth-order valence-electron chi connectivity index (χ4n) is 2.93. The highest BCUT2D eigenvalue weighted by Crippen LogP contribution is 2.27. The number of hydrogen-bond donors (Lipinski definition) is 2. The number of hydrogen-bond acceptors (Lipinski definition) is 6. The number of sulfonamides is 1. The van der Waals surface area contributed by atoms with Crippen molar-refractivity contribution in [3.8, 4) is 0 Å². The predicted molar refractivity (Wildman–Crippen MR) is 103 cm³/mol. The predicted octanol–water partition coefficient (Wildman–Crippen LogP) is 1.12. The summed E-state index contributed by atoms with van der Waals surface area (Å²) in [5.74, 6) is -0.118. The molecule has 0 radical (unpaired) electrons. The minimum atomic E-state index is -3.78. The molecule has 1 aliphatic heterocycles. The summed E-state index contributed by atoms with van der Waals surface area (Å²) in [7, 11) is -3.78. The van der Waals surface area contributed by atoms with E-state index in [1.807, 2.05) is 13.8 Å². The van der Waals surface area contributed by atoms with Crippen molar-refractivity contribution in [1.29, 1.82) is 0 Å². The maximum absolute atomic E-state index is 12.6. The highest BCUT2D eigenvalue weighted by molar-refractivity contribution is 7.99. The Morgan fingerprint density at radius 3 is 2.63 bits per heavy atom. The Morgan fingerprint density at radius 2 is 2.04 bits per heavy atom. The lowest BCUT2D eigenvalue weighted by molar-refractivity contribution is -0.119. The molecule has 144 valence electrons. The lowest BCUT2D eigenvalue weighted by Crippen LogP contribution is -2.38. The van der Waals surface area contributed by atoms with Crippen LogP contribution in [-0.4, -0.2) is 29.6 Å². The number of anilines is 1. The van der Waals surface area contributed by atoms with Gasteiger partial charge >= 0.3 is 0 Å². The summed E-state index contributed by atoms with van der Waals surface area (Å²) in [5.41, 5.74) is 1.77. The van der Waals surface area contributed by atoms with Crippen LogP contribution in [0.1, 0.15) is 18.2 Å². The normalized spacial score (nSPS) is 16.6. The van der Waals surface area contributed by atoms with Crippen molar-refractivity contribution in [1.82, 2.24) is 9.55 Å². The van der Waals surface area contributed by atoms with Crippen molar-refractivity contribution >= 4 is 33.4 Å². The van der Waals surface area contributed by atoms with E-state index < -0.39 is 15.9 Å². The molecule has 1 atom stereocenters. The first-order chi connectivity index (χ1) is 12.7. The molecule has 0 bridgehead atoms. The molecule has 1 amide bonds. The van der Waals surface area contributed by atoms with Gasteiger partial charge in [-0.15, -0.1) is 0 Å². The van der Waals surface area contributed by atoms with E-state index in [9.17, 15) is 18.0 Å². The number of benzene rings is 1. The minimum absolute atomic E-state index is 0.0252. The van der Waals surface area contributed by atoms with Gasteiger partial charge < -0.3 is 5.32 Å². The Labute approximate surface area is 161 Å². The Bertz CT molecular complexity index is 1050. The average molecular weight is 409 g/mol. The van der Waals surface area contributed by atoms with Crippen molar-refractivity contribution in [3.05, 3.63) is 45.9 Å². The van der Waals surface area contributed by atoms with Crippen LogP contribution in [0.15, 0.2) is 39.1 Å². The molecular weight excluding hydrogens is 388 g/mol. The number of rotatable bonds is 4. The Hall–Kier alpha value is -2.17. The van der Waals surface area contributed by atoms with Gasteiger partial charge in [0.2, 0.25) is 15.9 Å². The third-order valence-corrected chi connectivity index (χ3v) is 6.49. The molecular formula is C17H20N4O4S2. The Kier molecular flexibility index (Phi) is 5.41. The van der Waals surface area contributed by atoms with Gasteiger partial charge in [0.05, 0.1) is 10.8 Å². The van der Waals surface area contributed by atoms with Crippen LogP contribution in [0.2, 0.25) is 0 Å². The molecule has 0 saturated carbocycles. The molecule has 1 aliphatic rings. The quantitative estimate of drug-likeness (QED) is 0.731. The van der Waals surface area contributed by atoms with Crippen molar-refractivity contribution < 1.29 is 13.2 Å². The minimum Gasteiger partial charge on any atom is -0.326 e. The van der Waals surface area contributed by atoms with Gasteiger partial charge in [-0.1, -0.05) is 18.7 Å². The number of carbonyl (C=O) groups excluding carboxylic acids is 1. The SMILES string of the molecule is CCc1c(C)nc2n(c1=O)C[C@@H](C(=O)Nc1ccc(S(N)(=O)=O)cc1)CS2. The van der Waals surface area contributed by atoms with Crippen molar-refractivity contribution in [2.45, 2.75) is 36.9 Å². The van der Waals surface area contributed by atoms with E-state index >= 15 is 0 Å². The second-order valence-corrected chi connectivity index (χ2v) is 8.84. The summed E-state index contributed by atoms with van der Waals surface area (Å²) >= 11 is 1.38.